The highest BCUT2D eigenvalue weighted by molar-refractivity contribution is 7.16. The third-order valence-electron chi connectivity index (χ3n) is 6.95. The number of fused-ring (bicyclic) bond motifs is 3. The van der Waals surface area contributed by atoms with E-state index in [4.69, 9.17) is 9.97 Å². The zero-order chi connectivity index (χ0) is 25.8. The number of aromatic nitrogens is 6. The summed E-state index contributed by atoms with van der Waals surface area (Å²) in [5, 5.41) is 0. The highest BCUT2D eigenvalue weighted by atomic mass is 32.1. The van der Waals surface area contributed by atoms with Gasteiger partial charge < -0.3 is 0 Å². The van der Waals surface area contributed by atoms with Crippen molar-refractivity contribution in [1.82, 2.24) is 29.1 Å². The van der Waals surface area contributed by atoms with Crippen LogP contribution in [-0.4, -0.2) is 29.1 Å². The van der Waals surface area contributed by atoms with E-state index in [1.165, 1.54) is 0 Å². The summed E-state index contributed by atoms with van der Waals surface area (Å²) in [7, 11) is 0. The minimum atomic E-state index is 0.826. The summed E-state index contributed by atoms with van der Waals surface area (Å²) in [6, 6.07) is 37.3. The SMILES string of the molecule is c1ccc(-n2c(-c3ccc4scnc4c3)nc3ccc(-c4nc5cccnc5n4-c4ccccc4)cc32)cc1. The van der Waals surface area contributed by atoms with Crippen LogP contribution in [0.2, 0.25) is 0 Å². The fraction of sp³-hybridized carbons (Fsp3) is 0. The number of thiazole rings is 1. The maximum absolute atomic E-state index is 5.11. The molecular weight excluding hydrogens is 500 g/mol. The van der Waals surface area contributed by atoms with Crippen LogP contribution in [-0.2, 0) is 0 Å². The number of para-hydroxylation sites is 2. The van der Waals surface area contributed by atoms with Gasteiger partial charge in [-0.15, -0.1) is 11.3 Å². The summed E-state index contributed by atoms with van der Waals surface area (Å²) in [5.41, 5.74) is 10.5. The second kappa shape index (κ2) is 8.72. The van der Waals surface area contributed by atoms with E-state index in [1.54, 1.807) is 11.3 Å². The second-order valence-electron chi connectivity index (χ2n) is 9.30. The predicted molar refractivity (Wildman–Crippen MR) is 158 cm³/mol. The number of hydrogen-bond acceptors (Lipinski definition) is 5. The molecule has 0 bridgehead atoms. The van der Waals surface area contributed by atoms with Crippen molar-refractivity contribution in [2.45, 2.75) is 0 Å². The van der Waals surface area contributed by atoms with Gasteiger partial charge in [-0.25, -0.2) is 19.9 Å². The Hall–Kier alpha value is -5.14. The van der Waals surface area contributed by atoms with Gasteiger partial charge in [-0.05, 0) is 72.8 Å². The molecule has 0 aliphatic carbocycles. The minimum Gasteiger partial charge on any atom is -0.292 e. The molecule has 0 unspecified atom stereocenters. The second-order valence-corrected chi connectivity index (χ2v) is 10.2. The van der Waals surface area contributed by atoms with Gasteiger partial charge in [0.05, 0.1) is 26.8 Å². The molecule has 7 heteroatoms. The van der Waals surface area contributed by atoms with Gasteiger partial charge >= 0.3 is 0 Å². The molecule has 0 spiro atoms. The van der Waals surface area contributed by atoms with E-state index in [1.807, 2.05) is 48.1 Å². The molecule has 39 heavy (non-hydrogen) atoms. The van der Waals surface area contributed by atoms with Gasteiger partial charge in [-0.3, -0.25) is 9.13 Å². The summed E-state index contributed by atoms with van der Waals surface area (Å²) < 4.78 is 5.51. The van der Waals surface area contributed by atoms with Crippen LogP contribution in [0.15, 0.2) is 121 Å². The lowest BCUT2D eigenvalue weighted by atomic mass is 10.1. The molecule has 0 saturated heterocycles. The molecule has 8 rings (SSSR count). The molecule has 184 valence electrons. The molecule has 4 aromatic heterocycles. The van der Waals surface area contributed by atoms with Crippen LogP contribution in [0.1, 0.15) is 0 Å². The van der Waals surface area contributed by atoms with Crippen LogP contribution in [0.3, 0.4) is 0 Å². The van der Waals surface area contributed by atoms with Gasteiger partial charge in [0.2, 0.25) is 0 Å². The van der Waals surface area contributed by atoms with E-state index < -0.39 is 0 Å². The Morgan fingerprint density at radius 2 is 1.23 bits per heavy atom. The van der Waals surface area contributed by atoms with Crippen molar-refractivity contribution in [3.63, 3.8) is 0 Å². The first-order valence-electron chi connectivity index (χ1n) is 12.6. The number of rotatable bonds is 4. The average molecular weight is 521 g/mol. The van der Waals surface area contributed by atoms with Gasteiger partial charge in [0, 0.05) is 28.7 Å². The Balaban J connectivity index is 1.40. The van der Waals surface area contributed by atoms with Gasteiger partial charge in [-0.1, -0.05) is 36.4 Å². The quantitative estimate of drug-likeness (QED) is 0.239. The third-order valence-corrected chi connectivity index (χ3v) is 7.76. The first-order valence-corrected chi connectivity index (χ1v) is 13.5. The summed E-state index contributed by atoms with van der Waals surface area (Å²) in [6.45, 7) is 0. The molecule has 0 fully saturated rings. The maximum atomic E-state index is 5.11. The van der Waals surface area contributed by atoms with E-state index in [2.05, 4.69) is 91.9 Å². The standard InChI is InChI=1S/C32H20N6S/c1-3-8-23(9-4-1)37-28-19-22(13-15-25(28)35-30(37)21-14-16-29-27(18-21)34-20-39-29)31-36-26-12-7-17-33-32(26)38(31)24-10-5-2-6-11-24/h1-20H. The zero-order valence-corrected chi connectivity index (χ0v) is 21.5. The first kappa shape index (κ1) is 21.9. The molecule has 0 saturated carbocycles. The van der Waals surface area contributed by atoms with Gasteiger partial charge in [0.1, 0.15) is 17.2 Å². The Morgan fingerprint density at radius 3 is 2.05 bits per heavy atom. The minimum absolute atomic E-state index is 0.826. The van der Waals surface area contributed by atoms with Crippen molar-refractivity contribution >= 4 is 43.8 Å². The lowest BCUT2D eigenvalue weighted by molar-refractivity contribution is 1.08. The van der Waals surface area contributed by atoms with Crippen LogP contribution < -0.4 is 0 Å². The summed E-state index contributed by atoms with van der Waals surface area (Å²) in [6.07, 6.45) is 1.81. The van der Waals surface area contributed by atoms with Crippen molar-refractivity contribution < 1.29 is 0 Å². The lowest BCUT2D eigenvalue weighted by Gasteiger charge is -2.11. The topological polar surface area (TPSA) is 61.4 Å². The molecule has 8 aromatic rings. The van der Waals surface area contributed by atoms with Gasteiger partial charge in [0.15, 0.2) is 5.65 Å². The van der Waals surface area contributed by atoms with E-state index in [0.717, 1.165) is 66.6 Å². The Labute approximate surface area is 227 Å². The largest absolute Gasteiger partial charge is 0.292 e. The number of hydrogen-bond donors (Lipinski definition) is 0. The molecule has 0 amide bonds. The fourth-order valence-electron chi connectivity index (χ4n) is 5.17. The Morgan fingerprint density at radius 1 is 0.538 bits per heavy atom. The first-order chi connectivity index (χ1) is 19.3. The Kier molecular flexibility index (Phi) is 4.89. The third kappa shape index (κ3) is 3.55. The number of benzene rings is 4. The van der Waals surface area contributed by atoms with E-state index in [0.29, 0.717) is 0 Å². The molecule has 4 aromatic carbocycles. The van der Waals surface area contributed by atoms with Gasteiger partial charge in [-0.2, -0.15) is 0 Å². The maximum Gasteiger partial charge on any atom is 0.164 e. The zero-order valence-electron chi connectivity index (χ0n) is 20.6. The summed E-state index contributed by atoms with van der Waals surface area (Å²) in [4.78, 5) is 19.3. The van der Waals surface area contributed by atoms with Crippen LogP contribution in [0.5, 0.6) is 0 Å². The molecule has 0 aliphatic rings. The lowest BCUT2D eigenvalue weighted by Crippen LogP contribution is -1.99. The average Bonchev–Trinajstić information content (AvgIpc) is 3.72. The van der Waals surface area contributed by atoms with E-state index in [-0.39, 0.29) is 0 Å². The normalized spacial score (nSPS) is 11.6. The fourth-order valence-corrected chi connectivity index (χ4v) is 5.83. The Bertz CT molecular complexity index is 2120. The van der Waals surface area contributed by atoms with Crippen LogP contribution in [0.4, 0.5) is 0 Å². The van der Waals surface area contributed by atoms with Crippen molar-refractivity contribution in [3.8, 4) is 34.2 Å². The van der Waals surface area contributed by atoms with Gasteiger partial charge in [0.25, 0.3) is 0 Å². The molecule has 0 aliphatic heterocycles. The molecule has 4 heterocycles. The van der Waals surface area contributed by atoms with Crippen molar-refractivity contribution in [2.24, 2.45) is 0 Å². The molecule has 0 N–H and O–H groups in total. The highest BCUT2D eigenvalue weighted by Crippen LogP contribution is 2.34. The van der Waals surface area contributed by atoms with E-state index in [9.17, 15) is 0 Å². The van der Waals surface area contributed by atoms with Crippen LogP contribution in [0, 0.1) is 0 Å². The monoisotopic (exact) mass is 520 g/mol. The summed E-state index contributed by atoms with van der Waals surface area (Å²) >= 11 is 1.64. The molecule has 0 radical (unpaired) electrons. The van der Waals surface area contributed by atoms with Crippen molar-refractivity contribution in [1.29, 1.82) is 0 Å². The van der Waals surface area contributed by atoms with E-state index >= 15 is 0 Å². The molecule has 6 nitrogen and oxygen atoms in total. The van der Waals surface area contributed by atoms with Crippen LogP contribution >= 0.6 is 11.3 Å². The number of nitrogens with zero attached hydrogens (tertiary/aromatic N) is 6. The molecule has 0 atom stereocenters. The summed E-state index contributed by atoms with van der Waals surface area (Å²) in [5.74, 6) is 1.71. The number of imidazole rings is 2. The van der Waals surface area contributed by atoms with Crippen LogP contribution in [0.25, 0.3) is 66.6 Å². The smallest absolute Gasteiger partial charge is 0.164 e. The van der Waals surface area contributed by atoms with Crippen molar-refractivity contribution in [3.05, 3.63) is 121 Å². The molecular formula is C32H20N6S. The highest BCUT2D eigenvalue weighted by Gasteiger charge is 2.19. The number of pyridine rings is 1. The van der Waals surface area contributed by atoms with Crippen molar-refractivity contribution in [2.75, 3.05) is 0 Å². The predicted octanol–water partition coefficient (Wildman–Crippen LogP) is 7.70.